The lowest BCUT2D eigenvalue weighted by molar-refractivity contribution is -0.138. The smallest absolute Gasteiger partial charge is 0.343 e. The fourth-order valence-electron chi connectivity index (χ4n) is 2.96. The summed E-state index contributed by atoms with van der Waals surface area (Å²) >= 11 is 0. The highest BCUT2D eigenvalue weighted by atomic mass is 16.6. The number of carbonyl (C=O) groups excluding carboxylic acids is 2. The molecule has 0 radical (unpaired) electrons. The fourth-order valence-corrected chi connectivity index (χ4v) is 2.96. The van der Waals surface area contributed by atoms with E-state index in [2.05, 4.69) is 0 Å². The van der Waals surface area contributed by atoms with Crippen molar-refractivity contribution in [3.63, 3.8) is 0 Å². The van der Waals surface area contributed by atoms with Gasteiger partial charge in [0.1, 0.15) is 17.5 Å². The zero-order chi connectivity index (χ0) is 24.7. The predicted molar refractivity (Wildman–Crippen MR) is 122 cm³/mol. The maximum Gasteiger partial charge on any atom is 0.343 e. The first kappa shape index (κ1) is 24.3. The Hall–Kier alpha value is -4.37. The van der Waals surface area contributed by atoms with Gasteiger partial charge in [0.25, 0.3) is 0 Å². The Bertz CT molecular complexity index is 1170. The Kier molecular flexibility index (Phi) is 7.83. The molecule has 0 heterocycles. The summed E-state index contributed by atoms with van der Waals surface area (Å²) in [6.45, 7) is 0. The van der Waals surface area contributed by atoms with Crippen LogP contribution in [-0.2, 0) is 11.2 Å². The van der Waals surface area contributed by atoms with Gasteiger partial charge in [0.2, 0.25) is 0 Å². The van der Waals surface area contributed by atoms with Gasteiger partial charge >= 0.3 is 17.9 Å². The van der Waals surface area contributed by atoms with Crippen LogP contribution in [0.2, 0.25) is 0 Å². The molecule has 0 aliphatic carbocycles. The molecule has 0 aliphatic heterocycles. The van der Waals surface area contributed by atoms with Crippen molar-refractivity contribution < 1.29 is 38.4 Å². The van der Waals surface area contributed by atoms with Crippen molar-refractivity contribution in [3.05, 3.63) is 83.4 Å². The molecule has 0 bridgehead atoms. The minimum absolute atomic E-state index is 0.0182. The zero-order valence-electron chi connectivity index (χ0n) is 18.5. The number of esters is 2. The molecule has 1 atom stereocenters. The Morgan fingerprint density at radius 3 is 1.68 bits per heavy atom. The van der Waals surface area contributed by atoms with Gasteiger partial charge in [-0.2, -0.15) is 0 Å². The van der Waals surface area contributed by atoms with Gasteiger partial charge in [0.05, 0.1) is 25.3 Å². The number of benzene rings is 3. The fraction of sp³-hybridized carbons (Fsp3) is 0.160. The molecule has 0 unspecified atom stereocenters. The van der Waals surface area contributed by atoms with Crippen molar-refractivity contribution in [2.24, 2.45) is 5.73 Å². The minimum atomic E-state index is -1.17. The van der Waals surface area contributed by atoms with E-state index in [1.807, 2.05) is 0 Å². The maximum atomic E-state index is 12.7. The molecule has 0 aromatic heterocycles. The van der Waals surface area contributed by atoms with Crippen LogP contribution < -0.4 is 24.7 Å². The summed E-state index contributed by atoms with van der Waals surface area (Å²) in [6.07, 6.45) is -0.0187. The van der Waals surface area contributed by atoms with Crippen LogP contribution in [0.5, 0.6) is 23.0 Å². The number of rotatable bonds is 9. The van der Waals surface area contributed by atoms with E-state index in [1.165, 1.54) is 50.6 Å². The third-order valence-electron chi connectivity index (χ3n) is 4.84. The average Bonchev–Trinajstić information content (AvgIpc) is 2.85. The van der Waals surface area contributed by atoms with Crippen LogP contribution in [0, 0.1) is 0 Å². The monoisotopic (exact) mass is 465 g/mol. The van der Waals surface area contributed by atoms with Crippen molar-refractivity contribution in [2.45, 2.75) is 12.5 Å². The van der Waals surface area contributed by atoms with Crippen molar-refractivity contribution >= 4 is 17.9 Å². The molecular weight excluding hydrogens is 442 g/mol. The summed E-state index contributed by atoms with van der Waals surface area (Å²) in [5.74, 6) is -1.50. The van der Waals surface area contributed by atoms with E-state index in [0.717, 1.165) is 0 Å². The number of carboxylic acids is 1. The SMILES string of the molecule is COc1ccc(C(=O)Oc2ccc(C[C@H](N)C(=O)O)cc2OC(=O)c2ccc(OC)cc2)cc1. The second-order valence-electron chi connectivity index (χ2n) is 7.17. The summed E-state index contributed by atoms with van der Waals surface area (Å²) in [5.41, 5.74) is 6.60. The predicted octanol–water partition coefficient (Wildman–Crippen LogP) is 3.10. The highest BCUT2D eigenvalue weighted by Gasteiger charge is 2.19. The van der Waals surface area contributed by atoms with Gasteiger partial charge in [0.15, 0.2) is 11.5 Å². The number of hydrogen-bond donors (Lipinski definition) is 2. The molecule has 3 N–H and O–H groups in total. The topological polar surface area (TPSA) is 134 Å². The van der Waals surface area contributed by atoms with Gasteiger partial charge in [-0.3, -0.25) is 4.79 Å². The molecule has 9 heteroatoms. The van der Waals surface area contributed by atoms with E-state index < -0.39 is 23.9 Å². The van der Waals surface area contributed by atoms with E-state index in [0.29, 0.717) is 17.1 Å². The first-order valence-electron chi connectivity index (χ1n) is 10.1. The van der Waals surface area contributed by atoms with Gasteiger partial charge < -0.3 is 29.8 Å². The van der Waals surface area contributed by atoms with E-state index in [9.17, 15) is 14.4 Å². The van der Waals surface area contributed by atoms with E-state index in [4.69, 9.17) is 29.8 Å². The molecule has 34 heavy (non-hydrogen) atoms. The summed E-state index contributed by atoms with van der Waals surface area (Å²) in [6, 6.07) is 15.8. The van der Waals surface area contributed by atoms with Crippen LogP contribution in [0.4, 0.5) is 0 Å². The van der Waals surface area contributed by atoms with Crippen LogP contribution in [-0.4, -0.2) is 43.3 Å². The number of aliphatic carboxylic acids is 1. The molecule has 9 nitrogen and oxygen atoms in total. The number of nitrogens with two attached hydrogens (primary N) is 1. The zero-order valence-corrected chi connectivity index (χ0v) is 18.5. The molecule has 0 amide bonds. The van der Waals surface area contributed by atoms with Gasteiger partial charge in [-0.05, 0) is 72.6 Å². The van der Waals surface area contributed by atoms with Crippen LogP contribution in [0.1, 0.15) is 26.3 Å². The normalized spacial score (nSPS) is 11.3. The van der Waals surface area contributed by atoms with Crippen LogP contribution in [0.3, 0.4) is 0 Å². The second-order valence-corrected chi connectivity index (χ2v) is 7.17. The van der Waals surface area contributed by atoms with E-state index in [1.54, 1.807) is 30.3 Å². The first-order valence-corrected chi connectivity index (χ1v) is 10.1. The molecule has 0 spiro atoms. The van der Waals surface area contributed by atoms with E-state index >= 15 is 0 Å². The van der Waals surface area contributed by atoms with Gasteiger partial charge in [-0.25, -0.2) is 9.59 Å². The molecule has 176 valence electrons. The van der Waals surface area contributed by atoms with Gasteiger partial charge in [-0.15, -0.1) is 0 Å². The third-order valence-corrected chi connectivity index (χ3v) is 4.84. The van der Waals surface area contributed by atoms with Crippen LogP contribution in [0.25, 0.3) is 0 Å². The first-order chi connectivity index (χ1) is 16.3. The highest BCUT2D eigenvalue weighted by Crippen LogP contribution is 2.31. The Balaban J connectivity index is 1.87. The molecule has 0 aliphatic rings. The Morgan fingerprint density at radius 2 is 1.24 bits per heavy atom. The molecule has 3 aromatic rings. The lowest BCUT2D eigenvalue weighted by Gasteiger charge is -2.14. The summed E-state index contributed by atoms with van der Waals surface area (Å²) < 4.78 is 21.1. The quantitative estimate of drug-likeness (QED) is 0.361. The van der Waals surface area contributed by atoms with Gasteiger partial charge in [0, 0.05) is 0 Å². The number of ether oxygens (including phenoxy) is 4. The Labute approximate surface area is 195 Å². The largest absolute Gasteiger partial charge is 0.497 e. The van der Waals surface area contributed by atoms with Crippen molar-refractivity contribution in [1.82, 2.24) is 0 Å². The minimum Gasteiger partial charge on any atom is -0.497 e. The molecular formula is C25H23NO8. The van der Waals surface area contributed by atoms with Crippen molar-refractivity contribution in [2.75, 3.05) is 14.2 Å². The summed E-state index contributed by atoms with van der Waals surface area (Å²) in [5, 5.41) is 9.09. The highest BCUT2D eigenvalue weighted by molar-refractivity contribution is 5.93. The van der Waals surface area contributed by atoms with Gasteiger partial charge in [-0.1, -0.05) is 6.07 Å². The summed E-state index contributed by atoms with van der Waals surface area (Å²) in [4.78, 5) is 36.4. The number of hydrogen-bond acceptors (Lipinski definition) is 8. The molecule has 0 saturated heterocycles. The number of carboxylic acid groups (broad SMARTS) is 1. The lowest BCUT2D eigenvalue weighted by atomic mass is 10.1. The number of carbonyl (C=O) groups is 3. The number of methoxy groups -OCH3 is 2. The maximum absolute atomic E-state index is 12.7. The lowest BCUT2D eigenvalue weighted by Crippen LogP contribution is -2.32. The Morgan fingerprint density at radius 1 is 0.765 bits per heavy atom. The second kappa shape index (κ2) is 11.0. The molecule has 0 fully saturated rings. The molecule has 3 aromatic carbocycles. The third kappa shape index (κ3) is 6.11. The van der Waals surface area contributed by atoms with E-state index in [-0.39, 0.29) is 29.0 Å². The van der Waals surface area contributed by atoms with Crippen molar-refractivity contribution in [3.8, 4) is 23.0 Å². The van der Waals surface area contributed by atoms with Crippen molar-refractivity contribution in [1.29, 1.82) is 0 Å². The average molecular weight is 465 g/mol. The van der Waals surface area contributed by atoms with Crippen LogP contribution in [0.15, 0.2) is 66.7 Å². The molecule has 0 saturated carbocycles. The summed E-state index contributed by atoms with van der Waals surface area (Å²) in [7, 11) is 3.01. The molecule has 3 rings (SSSR count). The van der Waals surface area contributed by atoms with Crippen LogP contribution >= 0.6 is 0 Å². The standard InChI is InChI=1S/C25H23NO8/c1-31-18-8-4-16(5-9-18)24(29)33-21-12-3-15(13-20(26)23(27)28)14-22(21)34-25(30)17-6-10-19(32-2)11-7-17/h3-12,14,20H,13,26H2,1-2H3,(H,27,28)/t20-/m0/s1.